The Labute approximate surface area is 114 Å². The molecule has 0 saturated carbocycles. The zero-order valence-electron chi connectivity index (χ0n) is 10.6. The molecule has 18 heavy (non-hydrogen) atoms. The molecule has 0 aliphatic heterocycles. The van der Waals surface area contributed by atoms with Crippen molar-refractivity contribution in [2.24, 2.45) is 5.73 Å². The van der Waals surface area contributed by atoms with Crippen molar-refractivity contribution in [2.45, 2.75) is 38.3 Å². The molecule has 4 N–H and O–H groups in total. The normalized spacial score (nSPS) is 14.2. The molecule has 0 bridgehead atoms. The van der Waals surface area contributed by atoms with Crippen LogP contribution in [0.5, 0.6) is 0 Å². The maximum Gasteiger partial charge on any atom is 0.0733 e. The van der Waals surface area contributed by atoms with Crippen LogP contribution in [0, 0.1) is 0 Å². The van der Waals surface area contributed by atoms with Gasteiger partial charge in [-0.05, 0) is 24.1 Å². The topological polar surface area (TPSA) is 62.0 Å². The third kappa shape index (κ3) is 3.05. The van der Waals surface area contributed by atoms with Crippen LogP contribution in [0.3, 0.4) is 0 Å². The van der Waals surface area contributed by atoms with Crippen LogP contribution in [-0.2, 0) is 0 Å². The molecule has 1 aromatic heterocycles. The zero-order valence-corrected chi connectivity index (χ0v) is 11.4. The zero-order chi connectivity index (χ0) is 12.3. The SMILES string of the molecule is CCCC[C@H](O)[C@H](N)c1cccc2[nH]ccc12.Cl. The molecule has 3 nitrogen and oxygen atoms in total. The van der Waals surface area contributed by atoms with Crippen molar-refractivity contribution in [1.29, 1.82) is 0 Å². The van der Waals surface area contributed by atoms with E-state index in [1.807, 2.05) is 30.5 Å². The lowest BCUT2D eigenvalue weighted by molar-refractivity contribution is 0.133. The second-order valence-electron chi connectivity index (χ2n) is 4.52. The summed E-state index contributed by atoms with van der Waals surface area (Å²) < 4.78 is 0. The quantitative estimate of drug-likeness (QED) is 0.780. The van der Waals surface area contributed by atoms with Crippen molar-refractivity contribution >= 4 is 23.3 Å². The summed E-state index contributed by atoms with van der Waals surface area (Å²) in [6.45, 7) is 2.12. The fraction of sp³-hybridized carbons (Fsp3) is 0.429. The predicted molar refractivity (Wildman–Crippen MR) is 78.0 cm³/mol. The highest BCUT2D eigenvalue weighted by atomic mass is 35.5. The molecule has 0 saturated heterocycles. The molecule has 0 aliphatic carbocycles. The minimum Gasteiger partial charge on any atom is -0.391 e. The largest absolute Gasteiger partial charge is 0.391 e. The summed E-state index contributed by atoms with van der Waals surface area (Å²) in [4.78, 5) is 3.16. The third-order valence-electron chi connectivity index (χ3n) is 3.26. The maximum absolute atomic E-state index is 10.1. The van der Waals surface area contributed by atoms with Crippen molar-refractivity contribution in [3.8, 4) is 0 Å². The van der Waals surface area contributed by atoms with E-state index in [0.717, 1.165) is 35.7 Å². The number of nitrogens with two attached hydrogens (primary N) is 1. The Morgan fingerprint density at radius 1 is 1.33 bits per heavy atom. The lowest BCUT2D eigenvalue weighted by atomic mass is 9.96. The summed E-state index contributed by atoms with van der Waals surface area (Å²) >= 11 is 0. The molecule has 0 aliphatic rings. The van der Waals surface area contributed by atoms with Gasteiger partial charge in [0.1, 0.15) is 0 Å². The first-order valence-electron chi connectivity index (χ1n) is 6.23. The van der Waals surface area contributed by atoms with Gasteiger partial charge in [-0.25, -0.2) is 0 Å². The summed E-state index contributed by atoms with van der Waals surface area (Å²) in [6.07, 6.45) is 4.30. The summed E-state index contributed by atoms with van der Waals surface area (Å²) in [6, 6.07) is 7.69. The molecule has 0 radical (unpaired) electrons. The van der Waals surface area contributed by atoms with Crippen molar-refractivity contribution < 1.29 is 5.11 Å². The van der Waals surface area contributed by atoms with Crippen LogP contribution in [0.2, 0.25) is 0 Å². The average Bonchev–Trinajstić information content (AvgIpc) is 2.82. The second-order valence-corrected chi connectivity index (χ2v) is 4.52. The van der Waals surface area contributed by atoms with Gasteiger partial charge in [0.2, 0.25) is 0 Å². The molecule has 2 rings (SSSR count). The van der Waals surface area contributed by atoms with E-state index in [0.29, 0.717) is 0 Å². The van der Waals surface area contributed by atoms with E-state index in [-0.39, 0.29) is 18.4 Å². The molecule has 4 heteroatoms. The Bertz CT molecular complexity index is 483. The molecule has 0 spiro atoms. The van der Waals surface area contributed by atoms with Crippen LogP contribution < -0.4 is 5.73 Å². The Balaban J connectivity index is 0.00000162. The Morgan fingerprint density at radius 2 is 2.11 bits per heavy atom. The molecule has 1 heterocycles. The summed E-state index contributed by atoms with van der Waals surface area (Å²) in [5, 5.41) is 11.2. The van der Waals surface area contributed by atoms with Crippen molar-refractivity contribution in [1.82, 2.24) is 4.98 Å². The molecular weight excluding hydrogens is 248 g/mol. The summed E-state index contributed by atoms with van der Waals surface area (Å²) in [7, 11) is 0. The second kappa shape index (κ2) is 6.78. The highest BCUT2D eigenvalue weighted by Gasteiger charge is 2.18. The lowest BCUT2D eigenvalue weighted by Crippen LogP contribution is -2.26. The number of aliphatic hydroxyl groups is 1. The monoisotopic (exact) mass is 268 g/mol. The molecule has 100 valence electrons. The average molecular weight is 269 g/mol. The Morgan fingerprint density at radius 3 is 2.83 bits per heavy atom. The van der Waals surface area contributed by atoms with Crippen LogP contribution in [-0.4, -0.2) is 16.2 Å². The number of rotatable bonds is 5. The maximum atomic E-state index is 10.1. The van der Waals surface area contributed by atoms with Gasteiger partial charge in [0, 0.05) is 17.1 Å². The number of hydrogen-bond donors (Lipinski definition) is 3. The third-order valence-corrected chi connectivity index (χ3v) is 3.26. The Kier molecular flexibility index (Phi) is 5.66. The summed E-state index contributed by atoms with van der Waals surface area (Å²) in [5.74, 6) is 0. The number of unbranched alkanes of at least 4 members (excludes halogenated alkanes) is 1. The van der Waals surface area contributed by atoms with E-state index in [2.05, 4.69) is 11.9 Å². The number of aromatic amines is 1. The number of benzene rings is 1. The minimum atomic E-state index is -0.463. The van der Waals surface area contributed by atoms with Crippen LogP contribution >= 0.6 is 12.4 Å². The number of fused-ring (bicyclic) bond motifs is 1. The van der Waals surface area contributed by atoms with Gasteiger partial charge in [-0.15, -0.1) is 12.4 Å². The molecule has 1 aromatic carbocycles. The first kappa shape index (κ1) is 15.0. The van der Waals surface area contributed by atoms with Gasteiger partial charge in [-0.1, -0.05) is 31.9 Å². The van der Waals surface area contributed by atoms with Gasteiger partial charge < -0.3 is 15.8 Å². The predicted octanol–water partition coefficient (Wildman–Crippen LogP) is 3.14. The van der Waals surface area contributed by atoms with Crippen molar-refractivity contribution in [2.75, 3.05) is 0 Å². The number of halogens is 1. The fourth-order valence-corrected chi connectivity index (χ4v) is 2.20. The number of aromatic nitrogens is 1. The molecule has 0 unspecified atom stereocenters. The number of aliphatic hydroxyl groups excluding tert-OH is 1. The van der Waals surface area contributed by atoms with Gasteiger partial charge in [-0.2, -0.15) is 0 Å². The first-order chi connectivity index (χ1) is 8.24. The van der Waals surface area contributed by atoms with E-state index < -0.39 is 6.10 Å². The molecule has 0 fully saturated rings. The fourth-order valence-electron chi connectivity index (χ4n) is 2.20. The van der Waals surface area contributed by atoms with Crippen molar-refractivity contribution in [3.63, 3.8) is 0 Å². The molecule has 2 atom stereocenters. The van der Waals surface area contributed by atoms with E-state index in [4.69, 9.17) is 5.73 Å². The van der Waals surface area contributed by atoms with Gasteiger partial charge >= 0.3 is 0 Å². The number of nitrogens with one attached hydrogen (secondary N) is 1. The standard InChI is InChI=1S/C14H20N2O.ClH/c1-2-3-7-13(17)14(15)11-5-4-6-12-10(11)8-9-16-12;/h4-6,8-9,13-14,16-17H,2-3,7,15H2,1H3;1H/t13-,14+;/m0./s1. The molecule has 0 amide bonds. The van der Waals surface area contributed by atoms with E-state index in [1.165, 1.54) is 0 Å². The van der Waals surface area contributed by atoms with E-state index >= 15 is 0 Å². The van der Waals surface area contributed by atoms with Crippen LogP contribution in [0.25, 0.3) is 10.9 Å². The molecular formula is C14H21ClN2O. The van der Waals surface area contributed by atoms with Crippen LogP contribution in [0.15, 0.2) is 30.5 Å². The van der Waals surface area contributed by atoms with Crippen LogP contribution in [0.4, 0.5) is 0 Å². The minimum absolute atomic E-state index is 0. The smallest absolute Gasteiger partial charge is 0.0733 e. The number of hydrogen-bond acceptors (Lipinski definition) is 2. The van der Waals surface area contributed by atoms with E-state index in [1.54, 1.807) is 0 Å². The highest BCUT2D eigenvalue weighted by molar-refractivity contribution is 5.85. The van der Waals surface area contributed by atoms with E-state index in [9.17, 15) is 5.11 Å². The van der Waals surface area contributed by atoms with Gasteiger partial charge in [0.15, 0.2) is 0 Å². The summed E-state index contributed by atoms with van der Waals surface area (Å²) in [5.41, 5.74) is 8.23. The van der Waals surface area contributed by atoms with Gasteiger partial charge in [0.25, 0.3) is 0 Å². The van der Waals surface area contributed by atoms with Gasteiger partial charge in [-0.3, -0.25) is 0 Å². The van der Waals surface area contributed by atoms with Gasteiger partial charge in [0.05, 0.1) is 12.1 Å². The molecule has 2 aromatic rings. The van der Waals surface area contributed by atoms with Crippen molar-refractivity contribution in [3.05, 3.63) is 36.0 Å². The number of H-pyrrole nitrogens is 1. The Hall–Kier alpha value is -1.03. The lowest BCUT2D eigenvalue weighted by Gasteiger charge is -2.19. The highest BCUT2D eigenvalue weighted by Crippen LogP contribution is 2.25. The van der Waals surface area contributed by atoms with Crippen LogP contribution in [0.1, 0.15) is 37.8 Å². The first-order valence-corrected chi connectivity index (χ1v) is 6.23.